The minimum atomic E-state index is -1.21. The van der Waals surface area contributed by atoms with Crippen molar-refractivity contribution in [1.82, 2.24) is 0 Å². The van der Waals surface area contributed by atoms with Gasteiger partial charge >= 0.3 is 7.12 Å². The molecule has 0 saturated carbocycles. The zero-order chi connectivity index (χ0) is 14.8. The van der Waals surface area contributed by atoms with E-state index in [2.05, 4.69) is 0 Å². The third kappa shape index (κ3) is 3.75. The van der Waals surface area contributed by atoms with Crippen molar-refractivity contribution in [2.45, 2.75) is 45.8 Å². The van der Waals surface area contributed by atoms with Crippen LogP contribution in [-0.2, 0) is 4.65 Å². The quantitative estimate of drug-likeness (QED) is 0.754. The van der Waals surface area contributed by atoms with Crippen molar-refractivity contribution in [3.63, 3.8) is 0 Å². The predicted octanol–water partition coefficient (Wildman–Crippen LogP) is 0.989. The van der Waals surface area contributed by atoms with Crippen LogP contribution in [0, 0.1) is 0 Å². The first-order chi connectivity index (χ1) is 8.58. The molecule has 1 aromatic heterocycles. The SMILES string of the molecule is CCN(C)c1coc(B(O)OC(C)(C)C(C)(C)O)c1. The van der Waals surface area contributed by atoms with Gasteiger partial charge in [-0.25, -0.2) is 0 Å². The lowest BCUT2D eigenvalue weighted by molar-refractivity contribution is -0.0986. The third-order valence-corrected chi connectivity index (χ3v) is 3.64. The van der Waals surface area contributed by atoms with Gasteiger partial charge in [-0.2, -0.15) is 0 Å². The molecule has 0 unspecified atom stereocenters. The molecule has 0 aromatic carbocycles. The van der Waals surface area contributed by atoms with E-state index < -0.39 is 18.3 Å². The summed E-state index contributed by atoms with van der Waals surface area (Å²) in [7, 11) is 0.725. The van der Waals surface area contributed by atoms with Crippen LogP contribution in [0.15, 0.2) is 16.7 Å². The average Bonchev–Trinajstić information content (AvgIpc) is 2.75. The van der Waals surface area contributed by atoms with Crippen LogP contribution in [0.3, 0.4) is 0 Å². The van der Waals surface area contributed by atoms with E-state index in [1.807, 2.05) is 18.9 Å². The summed E-state index contributed by atoms with van der Waals surface area (Å²) in [5.74, 6) is 0. The molecular weight excluding hydrogens is 245 g/mol. The van der Waals surface area contributed by atoms with Crippen molar-refractivity contribution in [3.05, 3.63) is 12.3 Å². The van der Waals surface area contributed by atoms with Gasteiger partial charge in [0, 0.05) is 13.6 Å². The number of hydrogen-bond acceptors (Lipinski definition) is 5. The zero-order valence-corrected chi connectivity index (χ0v) is 12.6. The summed E-state index contributed by atoms with van der Waals surface area (Å²) in [5, 5.41) is 20.0. The van der Waals surface area contributed by atoms with E-state index in [4.69, 9.17) is 9.07 Å². The normalized spacial score (nSPS) is 12.6. The van der Waals surface area contributed by atoms with Gasteiger partial charge in [0.15, 0.2) is 0 Å². The van der Waals surface area contributed by atoms with Crippen molar-refractivity contribution in [2.24, 2.45) is 0 Å². The molecule has 1 rings (SSSR count). The highest BCUT2D eigenvalue weighted by atomic mass is 16.6. The second kappa shape index (κ2) is 5.57. The predicted molar refractivity (Wildman–Crippen MR) is 76.7 cm³/mol. The number of aliphatic hydroxyl groups is 1. The Morgan fingerprint density at radius 1 is 1.37 bits per heavy atom. The smallest absolute Gasteiger partial charge is 0.471 e. The topological polar surface area (TPSA) is 66.1 Å². The molecule has 0 fully saturated rings. The fourth-order valence-electron chi connectivity index (χ4n) is 1.34. The van der Waals surface area contributed by atoms with Crippen molar-refractivity contribution in [2.75, 3.05) is 18.5 Å². The van der Waals surface area contributed by atoms with E-state index in [-0.39, 0.29) is 0 Å². The summed E-state index contributed by atoms with van der Waals surface area (Å²) >= 11 is 0. The molecule has 6 heteroatoms. The number of furan rings is 1. The average molecular weight is 269 g/mol. The zero-order valence-electron chi connectivity index (χ0n) is 12.6. The second-order valence-electron chi connectivity index (χ2n) is 5.76. The summed E-state index contributed by atoms with van der Waals surface area (Å²) in [6.07, 6.45) is 1.57. The Bertz CT molecular complexity index is 411. The van der Waals surface area contributed by atoms with Gasteiger partial charge in [-0.05, 0) is 40.7 Å². The number of hydrogen-bond donors (Lipinski definition) is 2. The molecule has 0 radical (unpaired) electrons. The largest absolute Gasteiger partial charge is 0.529 e. The van der Waals surface area contributed by atoms with Crippen LogP contribution in [0.5, 0.6) is 0 Å². The van der Waals surface area contributed by atoms with Gasteiger partial charge in [-0.1, -0.05) is 0 Å². The fraction of sp³-hybridized carbons (Fsp3) is 0.692. The van der Waals surface area contributed by atoms with Crippen molar-refractivity contribution >= 4 is 18.5 Å². The molecular formula is C13H24BNO4. The Morgan fingerprint density at radius 3 is 2.42 bits per heavy atom. The fourth-order valence-corrected chi connectivity index (χ4v) is 1.34. The van der Waals surface area contributed by atoms with E-state index in [0.717, 1.165) is 12.2 Å². The Morgan fingerprint density at radius 2 is 1.95 bits per heavy atom. The standard InChI is InChI=1S/C13H24BNO4/c1-7-15(6)10-8-11(18-9-10)14(17)19-13(4,5)12(2,3)16/h8-9,16-17H,7H2,1-6H3. The van der Waals surface area contributed by atoms with Gasteiger partial charge in [0.25, 0.3) is 0 Å². The monoisotopic (exact) mass is 269 g/mol. The molecule has 19 heavy (non-hydrogen) atoms. The van der Waals surface area contributed by atoms with Gasteiger partial charge in [0.1, 0.15) is 11.9 Å². The van der Waals surface area contributed by atoms with Gasteiger partial charge in [0.05, 0.1) is 16.9 Å². The first kappa shape index (κ1) is 16.1. The molecule has 0 spiro atoms. The Labute approximate surface area is 115 Å². The van der Waals surface area contributed by atoms with Crippen LogP contribution in [0.4, 0.5) is 5.69 Å². The molecule has 108 valence electrons. The van der Waals surface area contributed by atoms with Crippen LogP contribution >= 0.6 is 0 Å². The lowest BCUT2D eigenvalue weighted by Crippen LogP contribution is -2.52. The molecule has 2 N–H and O–H groups in total. The molecule has 1 heterocycles. The summed E-state index contributed by atoms with van der Waals surface area (Å²) in [5.41, 5.74) is -0.784. The van der Waals surface area contributed by atoms with E-state index in [0.29, 0.717) is 5.66 Å². The molecule has 0 saturated heterocycles. The highest BCUT2D eigenvalue weighted by molar-refractivity contribution is 6.58. The maximum atomic E-state index is 10.0. The van der Waals surface area contributed by atoms with Gasteiger partial charge in [-0.3, -0.25) is 0 Å². The van der Waals surface area contributed by atoms with Crippen molar-refractivity contribution in [3.8, 4) is 0 Å². The highest BCUT2D eigenvalue weighted by Gasteiger charge is 2.40. The van der Waals surface area contributed by atoms with Crippen LogP contribution in [0.2, 0.25) is 0 Å². The van der Waals surface area contributed by atoms with E-state index in [1.165, 1.54) is 0 Å². The van der Waals surface area contributed by atoms with Crippen molar-refractivity contribution < 1.29 is 19.2 Å². The Hall–Kier alpha value is -0.975. The second-order valence-corrected chi connectivity index (χ2v) is 5.76. The van der Waals surface area contributed by atoms with E-state index in [1.54, 1.807) is 40.0 Å². The Kier molecular flexibility index (Phi) is 4.71. The molecule has 0 atom stereocenters. The molecule has 0 bridgehead atoms. The molecule has 0 aliphatic carbocycles. The molecule has 0 amide bonds. The first-order valence-corrected chi connectivity index (χ1v) is 6.46. The van der Waals surface area contributed by atoms with Crippen LogP contribution in [0.1, 0.15) is 34.6 Å². The van der Waals surface area contributed by atoms with E-state index in [9.17, 15) is 10.1 Å². The summed E-state index contributed by atoms with van der Waals surface area (Å²) in [6, 6.07) is 1.73. The van der Waals surface area contributed by atoms with Gasteiger partial charge in [0.2, 0.25) is 0 Å². The van der Waals surface area contributed by atoms with Crippen LogP contribution in [-0.4, -0.2) is 42.0 Å². The molecule has 0 aliphatic heterocycles. The lowest BCUT2D eigenvalue weighted by Gasteiger charge is -2.38. The maximum Gasteiger partial charge on any atom is 0.529 e. The number of rotatable bonds is 6. The van der Waals surface area contributed by atoms with Crippen LogP contribution in [0.25, 0.3) is 0 Å². The minimum Gasteiger partial charge on any atom is -0.471 e. The van der Waals surface area contributed by atoms with Crippen molar-refractivity contribution in [1.29, 1.82) is 0 Å². The minimum absolute atomic E-state index is 0.327. The lowest BCUT2D eigenvalue weighted by atomic mass is 9.81. The number of anilines is 1. The van der Waals surface area contributed by atoms with Gasteiger partial charge in [-0.15, -0.1) is 0 Å². The van der Waals surface area contributed by atoms with Gasteiger partial charge < -0.3 is 24.1 Å². The van der Waals surface area contributed by atoms with E-state index >= 15 is 0 Å². The van der Waals surface area contributed by atoms with Crippen LogP contribution < -0.4 is 10.6 Å². The summed E-state index contributed by atoms with van der Waals surface area (Å²) < 4.78 is 10.8. The first-order valence-electron chi connectivity index (χ1n) is 6.46. The molecule has 5 nitrogen and oxygen atoms in total. The highest BCUT2D eigenvalue weighted by Crippen LogP contribution is 2.25. The third-order valence-electron chi connectivity index (χ3n) is 3.64. The summed E-state index contributed by atoms with van der Waals surface area (Å²) in [4.78, 5) is 1.99. The Balaban J connectivity index is 2.79. The number of nitrogens with zero attached hydrogens (tertiary/aromatic N) is 1. The molecule has 1 aromatic rings. The molecule has 0 aliphatic rings. The maximum absolute atomic E-state index is 10.0. The summed E-state index contributed by atoms with van der Waals surface area (Å²) in [6.45, 7) is 9.58.